The number of rotatable bonds is 3. The van der Waals surface area contributed by atoms with Crippen LogP contribution in [0.3, 0.4) is 0 Å². The van der Waals surface area contributed by atoms with Gasteiger partial charge in [0.2, 0.25) is 0 Å². The van der Waals surface area contributed by atoms with Gasteiger partial charge in [-0.2, -0.15) is 0 Å². The van der Waals surface area contributed by atoms with E-state index in [1.807, 2.05) is 24.3 Å². The van der Waals surface area contributed by atoms with Crippen LogP contribution < -0.4 is 5.73 Å². The molecule has 4 heteroatoms. The topological polar surface area (TPSA) is 38.9 Å². The Balaban J connectivity index is 2.37. The van der Waals surface area contributed by atoms with E-state index in [0.717, 1.165) is 27.2 Å². The smallest absolute Gasteiger partial charge is 0.114 e. The molecule has 2 aromatic rings. The summed E-state index contributed by atoms with van der Waals surface area (Å²) in [5.74, 6) is 0. The van der Waals surface area contributed by atoms with Gasteiger partial charge in [0.15, 0.2) is 0 Å². The first-order chi connectivity index (χ1) is 8.13. The molecule has 1 atom stereocenters. The zero-order chi connectivity index (χ0) is 12.4. The Morgan fingerprint density at radius 2 is 2.12 bits per heavy atom. The lowest BCUT2D eigenvalue weighted by atomic mass is 10.1. The molecule has 0 radical (unpaired) electrons. The monoisotopic (exact) mass is 310 g/mol. The van der Waals surface area contributed by atoms with Crippen LogP contribution in [0.2, 0.25) is 0 Å². The summed E-state index contributed by atoms with van der Waals surface area (Å²) >= 11 is 5.23. The van der Waals surface area contributed by atoms with Gasteiger partial charge < -0.3 is 5.73 Å². The zero-order valence-corrected chi connectivity index (χ0v) is 12.3. The third kappa shape index (κ3) is 2.59. The van der Waals surface area contributed by atoms with E-state index in [4.69, 9.17) is 5.73 Å². The lowest BCUT2D eigenvalue weighted by Gasteiger charge is -2.10. The summed E-state index contributed by atoms with van der Waals surface area (Å²) in [7, 11) is 0. The maximum atomic E-state index is 6.27. The molecule has 0 spiro atoms. The van der Waals surface area contributed by atoms with Crippen molar-refractivity contribution in [3.8, 4) is 0 Å². The molecule has 2 nitrogen and oxygen atoms in total. The predicted octanol–water partition coefficient (Wildman–Crippen LogP) is 3.82. The molecule has 2 rings (SSSR count). The van der Waals surface area contributed by atoms with E-state index >= 15 is 0 Å². The molecule has 2 N–H and O–H groups in total. The summed E-state index contributed by atoms with van der Waals surface area (Å²) in [5, 5.41) is 0.992. The van der Waals surface area contributed by atoms with Crippen molar-refractivity contribution in [2.45, 2.75) is 26.3 Å². The first-order valence-electron chi connectivity index (χ1n) is 5.59. The molecule has 1 aromatic carbocycles. The minimum Gasteiger partial charge on any atom is -0.318 e. The highest BCUT2D eigenvalue weighted by atomic mass is 79.9. The van der Waals surface area contributed by atoms with Crippen LogP contribution in [-0.2, 0) is 6.42 Å². The Morgan fingerprint density at radius 3 is 2.71 bits per heavy atom. The molecule has 90 valence electrons. The Labute approximate surface area is 114 Å². The highest BCUT2D eigenvalue weighted by Crippen LogP contribution is 2.30. The van der Waals surface area contributed by atoms with Gasteiger partial charge >= 0.3 is 0 Å². The van der Waals surface area contributed by atoms with Crippen molar-refractivity contribution in [3.05, 3.63) is 49.9 Å². The molecule has 0 aliphatic carbocycles. The summed E-state index contributed by atoms with van der Waals surface area (Å²) in [5.41, 5.74) is 8.52. The first-order valence-corrected chi connectivity index (χ1v) is 7.20. The SMILES string of the molecule is CCc1nc(C(N)c2ccccc2Br)sc1C. The number of benzene rings is 1. The highest BCUT2D eigenvalue weighted by Gasteiger charge is 2.16. The summed E-state index contributed by atoms with van der Waals surface area (Å²) in [6, 6.07) is 7.90. The minimum atomic E-state index is -0.144. The molecule has 0 aliphatic heterocycles. The van der Waals surface area contributed by atoms with E-state index in [1.165, 1.54) is 4.88 Å². The van der Waals surface area contributed by atoms with E-state index < -0.39 is 0 Å². The number of aromatic nitrogens is 1. The molecule has 1 aromatic heterocycles. The molecule has 1 heterocycles. The van der Waals surface area contributed by atoms with Crippen LogP contribution in [0.25, 0.3) is 0 Å². The fourth-order valence-electron chi connectivity index (χ4n) is 1.77. The number of halogens is 1. The second kappa shape index (κ2) is 5.29. The summed E-state index contributed by atoms with van der Waals surface area (Å²) in [6.45, 7) is 4.22. The van der Waals surface area contributed by atoms with E-state index in [2.05, 4.69) is 34.8 Å². The van der Waals surface area contributed by atoms with Crippen molar-refractivity contribution in [3.63, 3.8) is 0 Å². The number of hydrogen-bond donors (Lipinski definition) is 1. The zero-order valence-electron chi connectivity index (χ0n) is 9.90. The first kappa shape index (κ1) is 12.7. The maximum Gasteiger partial charge on any atom is 0.114 e. The Hall–Kier alpha value is -0.710. The minimum absolute atomic E-state index is 0.144. The lowest BCUT2D eigenvalue weighted by Crippen LogP contribution is -2.12. The molecular weight excluding hydrogens is 296 g/mol. The van der Waals surface area contributed by atoms with Gasteiger partial charge in [-0.3, -0.25) is 0 Å². The summed E-state index contributed by atoms with van der Waals surface area (Å²) < 4.78 is 1.04. The third-order valence-electron chi connectivity index (χ3n) is 2.75. The number of nitrogens with zero attached hydrogens (tertiary/aromatic N) is 1. The van der Waals surface area contributed by atoms with Crippen LogP contribution in [0.15, 0.2) is 28.7 Å². The third-order valence-corrected chi connectivity index (χ3v) is 4.57. The van der Waals surface area contributed by atoms with Gasteiger partial charge in [0.25, 0.3) is 0 Å². The molecule has 0 fully saturated rings. The number of thiazole rings is 1. The Bertz CT molecular complexity index is 522. The molecule has 17 heavy (non-hydrogen) atoms. The average molecular weight is 311 g/mol. The molecule has 0 bridgehead atoms. The van der Waals surface area contributed by atoms with Gasteiger partial charge in [0, 0.05) is 9.35 Å². The van der Waals surface area contributed by atoms with Crippen LogP contribution in [0.1, 0.15) is 34.1 Å². The van der Waals surface area contributed by atoms with Gasteiger partial charge in [-0.1, -0.05) is 41.1 Å². The quantitative estimate of drug-likeness (QED) is 0.936. The molecule has 0 amide bonds. The second-order valence-corrected chi connectivity index (χ2v) is 6.00. The van der Waals surface area contributed by atoms with E-state index in [0.29, 0.717) is 0 Å². The van der Waals surface area contributed by atoms with Gasteiger partial charge in [-0.15, -0.1) is 11.3 Å². The number of hydrogen-bond acceptors (Lipinski definition) is 3. The van der Waals surface area contributed by atoms with Crippen LogP contribution in [0.5, 0.6) is 0 Å². The van der Waals surface area contributed by atoms with Gasteiger partial charge in [-0.05, 0) is 25.0 Å². The lowest BCUT2D eigenvalue weighted by molar-refractivity contribution is 0.840. The fraction of sp³-hybridized carbons (Fsp3) is 0.308. The fourth-order valence-corrected chi connectivity index (χ4v) is 3.33. The Kier molecular flexibility index (Phi) is 3.97. The van der Waals surface area contributed by atoms with Crippen LogP contribution in [-0.4, -0.2) is 4.98 Å². The molecule has 0 aliphatic rings. The Morgan fingerprint density at radius 1 is 1.41 bits per heavy atom. The highest BCUT2D eigenvalue weighted by molar-refractivity contribution is 9.10. The van der Waals surface area contributed by atoms with Crippen molar-refractivity contribution >= 4 is 27.3 Å². The van der Waals surface area contributed by atoms with Crippen molar-refractivity contribution in [2.24, 2.45) is 5.73 Å². The van der Waals surface area contributed by atoms with Crippen molar-refractivity contribution < 1.29 is 0 Å². The molecule has 1 unspecified atom stereocenters. The van der Waals surface area contributed by atoms with Crippen molar-refractivity contribution in [2.75, 3.05) is 0 Å². The van der Waals surface area contributed by atoms with Crippen LogP contribution in [0.4, 0.5) is 0 Å². The van der Waals surface area contributed by atoms with Crippen molar-refractivity contribution in [1.29, 1.82) is 0 Å². The summed E-state index contributed by atoms with van der Waals surface area (Å²) in [6.07, 6.45) is 0.963. The number of nitrogens with two attached hydrogens (primary N) is 1. The molecular formula is C13H15BrN2S. The standard InChI is InChI=1S/C13H15BrN2S/c1-3-11-8(2)17-13(16-11)12(15)9-6-4-5-7-10(9)14/h4-7,12H,3,15H2,1-2H3. The van der Waals surface area contributed by atoms with Crippen LogP contribution >= 0.6 is 27.3 Å². The van der Waals surface area contributed by atoms with Gasteiger partial charge in [0.1, 0.15) is 5.01 Å². The van der Waals surface area contributed by atoms with E-state index in [1.54, 1.807) is 11.3 Å². The normalized spacial score (nSPS) is 12.7. The van der Waals surface area contributed by atoms with E-state index in [9.17, 15) is 0 Å². The number of aryl methyl sites for hydroxylation is 2. The van der Waals surface area contributed by atoms with Gasteiger partial charge in [0.05, 0.1) is 11.7 Å². The van der Waals surface area contributed by atoms with E-state index in [-0.39, 0.29) is 6.04 Å². The molecule has 0 saturated heterocycles. The van der Waals surface area contributed by atoms with Gasteiger partial charge in [-0.25, -0.2) is 4.98 Å². The maximum absolute atomic E-state index is 6.27. The van der Waals surface area contributed by atoms with Crippen molar-refractivity contribution in [1.82, 2.24) is 4.98 Å². The van der Waals surface area contributed by atoms with Crippen LogP contribution in [0, 0.1) is 6.92 Å². The average Bonchev–Trinajstić information content (AvgIpc) is 2.70. The largest absolute Gasteiger partial charge is 0.318 e. The molecule has 0 saturated carbocycles. The second-order valence-electron chi connectivity index (χ2n) is 3.91. The summed E-state index contributed by atoms with van der Waals surface area (Å²) in [4.78, 5) is 5.89. The predicted molar refractivity (Wildman–Crippen MR) is 76.4 cm³/mol.